The molecule has 3 fully saturated rings. The Balaban J connectivity index is 1.48. The molecule has 4 aliphatic carbocycles. The van der Waals surface area contributed by atoms with E-state index in [0.717, 1.165) is 38.5 Å². The Morgan fingerprint density at radius 1 is 1.15 bits per heavy atom. The number of rotatable bonds is 1. The van der Waals surface area contributed by atoms with Crippen molar-refractivity contribution in [1.29, 1.82) is 0 Å². The summed E-state index contributed by atoms with van der Waals surface area (Å²) in [5.41, 5.74) is 1.52. The standard InChI is InChI=1S/C23H34O4/c1-14(24)17-6-7-18-16-5-4-15-12-23(26-10-11-27-23)9-8-21(15,2)20(16)19(25)13-22(17,18)3/h4,10-11,14,16-20,24-25H,5-9,12-13H2,1-3H3/t14-,16+,17-,18+,19+,20-,21+,22-/m1/s1. The van der Waals surface area contributed by atoms with Crippen LogP contribution < -0.4 is 0 Å². The van der Waals surface area contributed by atoms with Gasteiger partial charge in [0.1, 0.15) is 12.5 Å². The fourth-order valence-corrected chi connectivity index (χ4v) is 8.10. The molecular weight excluding hydrogens is 340 g/mol. The molecule has 0 amide bonds. The molecule has 8 atom stereocenters. The van der Waals surface area contributed by atoms with Gasteiger partial charge in [-0.25, -0.2) is 0 Å². The van der Waals surface area contributed by atoms with Crippen molar-refractivity contribution in [2.24, 2.45) is 34.5 Å². The summed E-state index contributed by atoms with van der Waals surface area (Å²) >= 11 is 0. The summed E-state index contributed by atoms with van der Waals surface area (Å²) in [6, 6.07) is 0. The number of ether oxygens (including phenoxy) is 2. The van der Waals surface area contributed by atoms with Crippen LogP contribution in [0.1, 0.15) is 65.7 Å². The van der Waals surface area contributed by atoms with Gasteiger partial charge in [0.2, 0.25) is 0 Å². The van der Waals surface area contributed by atoms with Gasteiger partial charge in [-0.3, -0.25) is 0 Å². The Hall–Kier alpha value is -1.00. The fourth-order valence-electron chi connectivity index (χ4n) is 8.10. The molecule has 0 radical (unpaired) electrons. The Kier molecular flexibility index (Phi) is 3.85. The van der Waals surface area contributed by atoms with Crippen LogP contribution in [0.3, 0.4) is 0 Å². The lowest BCUT2D eigenvalue weighted by Crippen LogP contribution is -2.58. The van der Waals surface area contributed by atoms with Crippen molar-refractivity contribution in [3.8, 4) is 0 Å². The zero-order valence-corrected chi connectivity index (χ0v) is 16.9. The average Bonchev–Trinajstić information content (AvgIpc) is 3.19. The molecule has 2 N–H and O–H groups in total. The van der Waals surface area contributed by atoms with E-state index >= 15 is 0 Å². The van der Waals surface area contributed by atoms with Gasteiger partial charge in [0.25, 0.3) is 5.79 Å². The topological polar surface area (TPSA) is 58.9 Å². The Morgan fingerprint density at radius 2 is 1.89 bits per heavy atom. The van der Waals surface area contributed by atoms with Gasteiger partial charge < -0.3 is 19.7 Å². The van der Waals surface area contributed by atoms with Gasteiger partial charge in [0.05, 0.1) is 12.2 Å². The minimum atomic E-state index is -0.503. The fraction of sp³-hybridized carbons (Fsp3) is 0.826. The van der Waals surface area contributed by atoms with Crippen molar-refractivity contribution < 1.29 is 19.7 Å². The lowest BCUT2D eigenvalue weighted by Gasteiger charge is -2.60. The molecule has 0 aromatic heterocycles. The maximum absolute atomic E-state index is 11.4. The third-order valence-corrected chi connectivity index (χ3v) is 9.32. The summed E-state index contributed by atoms with van der Waals surface area (Å²) in [6.45, 7) is 6.65. The highest BCUT2D eigenvalue weighted by atomic mass is 16.7. The number of hydrogen-bond donors (Lipinski definition) is 2. The first-order chi connectivity index (χ1) is 12.8. The van der Waals surface area contributed by atoms with Crippen LogP contribution in [-0.4, -0.2) is 28.2 Å². The van der Waals surface area contributed by atoms with E-state index in [1.165, 1.54) is 12.0 Å². The predicted molar refractivity (Wildman–Crippen MR) is 102 cm³/mol. The smallest absolute Gasteiger partial charge is 0.253 e. The molecule has 5 aliphatic rings. The van der Waals surface area contributed by atoms with Gasteiger partial charge in [-0.1, -0.05) is 25.5 Å². The summed E-state index contributed by atoms with van der Waals surface area (Å²) in [5, 5.41) is 21.8. The highest BCUT2D eigenvalue weighted by molar-refractivity contribution is 5.28. The van der Waals surface area contributed by atoms with Crippen molar-refractivity contribution in [2.75, 3.05) is 0 Å². The molecule has 0 unspecified atom stereocenters. The SMILES string of the molecule is C[C@@H](O)[C@H]1CC[C@H]2[C@@H]3CC=C4CC5(CC[C@]4(C)[C@H]3[C@@H](O)C[C@]12C)OC=CO5. The van der Waals surface area contributed by atoms with Crippen LogP contribution in [0.4, 0.5) is 0 Å². The van der Waals surface area contributed by atoms with Gasteiger partial charge in [0.15, 0.2) is 0 Å². The highest BCUT2D eigenvalue weighted by Gasteiger charge is 2.63. The third kappa shape index (κ3) is 2.35. The summed E-state index contributed by atoms with van der Waals surface area (Å²) in [5.74, 6) is 1.26. The lowest BCUT2D eigenvalue weighted by molar-refractivity contribution is -0.185. The zero-order valence-electron chi connectivity index (χ0n) is 16.9. The summed E-state index contributed by atoms with van der Waals surface area (Å²) < 4.78 is 11.7. The zero-order chi connectivity index (χ0) is 19.0. The van der Waals surface area contributed by atoms with Crippen LogP contribution >= 0.6 is 0 Å². The number of aliphatic hydroxyl groups excluding tert-OH is 2. The Labute approximate surface area is 162 Å². The Morgan fingerprint density at radius 3 is 2.59 bits per heavy atom. The number of hydrogen-bond acceptors (Lipinski definition) is 4. The average molecular weight is 375 g/mol. The second-order valence-electron chi connectivity index (χ2n) is 10.5. The number of allylic oxidation sites excluding steroid dienone is 1. The summed E-state index contributed by atoms with van der Waals surface area (Å²) in [4.78, 5) is 0. The molecule has 1 heterocycles. The molecule has 5 rings (SSSR count). The summed E-state index contributed by atoms with van der Waals surface area (Å²) in [7, 11) is 0. The second kappa shape index (κ2) is 5.76. The summed E-state index contributed by atoms with van der Waals surface area (Å²) in [6.07, 6.45) is 12.1. The van der Waals surface area contributed by atoms with Crippen molar-refractivity contribution in [3.05, 3.63) is 24.2 Å². The van der Waals surface area contributed by atoms with Gasteiger partial charge >= 0.3 is 0 Å². The quantitative estimate of drug-likeness (QED) is 0.678. The van der Waals surface area contributed by atoms with Crippen LogP contribution in [0.2, 0.25) is 0 Å². The van der Waals surface area contributed by atoms with Gasteiger partial charge in [-0.15, -0.1) is 0 Å². The van der Waals surface area contributed by atoms with Crippen LogP contribution in [0.25, 0.3) is 0 Å². The molecule has 4 nitrogen and oxygen atoms in total. The largest absolute Gasteiger partial charge is 0.456 e. The van der Waals surface area contributed by atoms with Gasteiger partial charge in [0, 0.05) is 12.8 Å². The maximum Gasteiger partial charge on any atom is 0.253 e. The molecular formula is C23H34O4. The van der Waals surface area contributed by atoms with E-state index in [4.69, 9.17) is 9.47 Å². The van der Waals surface area contributed by atoms with Crippen LogP contribution in [0, 0.1) is 34.5 Å². The minimum Gasteiger partial charge on any atom is -0.456 e. The monoisotopic (exact) mass is 374 g/mol. The van der Waals surface area contributed by atoms with Crippen LogP contribution in [0.15, 0.2) is 24.2 Å². The molecule has 0 bridgehead atoms. The molecule has 150 valence electrons. The van der Waals surface area contributed by atoms with Crippen molar-refractivity contribution in [1.82, 2.24) is 0 Å². The first kappa shape index (κ1) is 18.1. The molecule has 1 spiro atoms. The first-order valence-corrected chi connectivity index (χ1v) is 10.9. The van der Waals surface area contributed by atoms with E-state index in [1.54, 1.807) is 12.5 Å². The van der Waals surface area contributed by atoms with Crippen molar-refractivity contribution in [2.45, 2.75) is 83.7 Å². The minimum absolute atomic E-state index is 0.0349. The predicted octanol–water partition coefficient (Wildman–Crippen LogP) is 4.13. The van der Waals surface area contributed by atoms with E-state index in [0.29, 0.717) is 23.7 Å². The number of aliphatic hydroxyl groups is 2. The van der Waals surface area contributed by atoms with Crippen LogP contribution in [-0.2, 0) is 9.47 Å². The van der Waals surface area contributed by atoms with Crippen molar-refractivity contribution >= 4 is 0 Å². The molecule has 0 aromatic rings. The normalized spacial score (nSPS) is 50.9. The van der Waals surface area contributed by atoms with E-state index in [1.807, 2.05) is 6.92 Å². The van der Waals surface area contributed by atoms with Crippen LogP contribution in [0.5, 0.6) is 0 Å². The molecule has 0 aromatic carbocycles. The molecule has 1 aliphatic heterocycles. The second-order valence-corrected chi connectivity index (χ2v) is 10.5. The van der Waals surface area contributed by atoms with Gasteiger partial charge in [-0.2, -0.15) is 0 Å². The third-order valence-electron chi connectivity index (χ3n) is 9.32. The first-order valence-electron chi connectivity index (χ1n) is 10.9. The molecule has 3 saturated carbocycles. The highest BCUT2D eigenvalue weighted by Crippen LogP contribution is 2.67. The van der Waals surface area contributed by atoms with Crippen molar-refractivity contribution in [3.63, 3.8) is 0 Å². The van der Waals surface area contributed by atoms with E-state index < -0.39 is 5.79 Å². The van der Waals surface area contributed by atoms with E-state index in [9.17, 15) is 10.2 Å². The molecule has 0 saturated heterocycles. The van der Waals surface area contributed by atoms with E-state index in [2.05, 4.69) is 19.9 Å². The van der Waals surface area contributed by atoms with E-state index in [-0.39, 0.29) is 23.0 Å². The van der Waals surface area contributed by atoms with Gasteiger partial charge in [-0.05, 0) is 73.5 Å². The lowest BCUT2D eigenvalue weighted by atomic mass is 9.46. The molecule has 27 heavy (non-hydrogen) atoms. The number of fused-ring (bicyclic) bond motifs is 5. The maximum atomic E-state index is 11.4. The Bertz CT molecular complexity index is 674. The molecule has 4 heteroatoms.